The zero-order chi connectivity index (χ0) is 21.3. The molecule has 3 heterocycles. The van der Waals surface area contributed by atoms with E-state index in [2.05, 4.69) is 16.0 Å². The van der Waals surface area contributed by atoms with Crippen molar-refractivity contribution in [3.63, 3.8) is 0 Å². The first kappa shape index (κ1) is 20.9. The summed E-state index contributed by atoms with van der Waals surface area (Å²) in [7, 11) is 0. The summed E-state index contributed by atoms with van der Waals surface area (Å²) >= 11 is 0. The van der Waals surface area contributed by atoms with Gasteiger partial charge < -0.3 is 15.5 Å². The highest BCUT2D eigenvalue weighted by molar-refractivity contribution is 6.01. The zero-order valence-corrected chi connectivity index (χ0v) is 16.6. The summed E-state index contributed by atoms with van der Waals surface area (Å²) in [6.45, 7) is 2.13. The second-order valence-corrected chi connectivity index (χ2v) is 8.08. The monoisotopic (exact) mass is 425 g/mol. The third kappa shape index (κ3) is 4.39. The molecule has 3 aliphatic rings. The lowest BCUT2D eigenvalue weighted by Gasteiger charge is -2.44. The second kappa shape index (κ2) is 8.43. The Hall–Kier alpha value is -2.33. The number of imide groups is 1. The number of rotatable bonds is 4. The molecule has 4 rings (SSSR count). The summed E-state index contributed by atoms with van der Waals surface area (Å²) in [5, 5.41) is 7.96. The molecule has 0 aromatic heterocycles. The zero-order valence-electron chi connectivity index (χ0n) is 16.6. The van der Waals surface area contributed by atoms with E-state index < -0.39 is 29.7 Å². The van der Waals surface area contributed by atoms with Gasteiger partial charge in [-0.3, -0.25) is 19.8 Å². The molecule has 0 unspecified atom stereocenters. The smallest absolute Gasteiger partial charge is 0.275 e. The van der Waals surface area contributed by atoms with Crippen molar-refractivity contribution >= 4 is 23.2 Å². The van der Waals surface area contributed by atoms with Crippen LogP contribution in [0.15, 0.2) is 18.2 Å². The standard InChI is InChI=1S/C20H26F3N5O2/c21-14-11-13(25-15-2-4-18(29)26-19(15)30)1-3-16(14)27-7-9-28(10-8-27)17-5-6-24-12-20(17,22)23/h1,3,11,15,17,24-25H,2,4-10,12H2,(H,26,29,30)/t15-,17-/m0/s1. The largest absolute Gasteiger partial charge is 0.374 e. The van der Waals surface area contributed by atoms with Crippen LogP contribution in [0.1, 0.15) is 19.3 Å². The average Bonchev–Trinajstić information content (AvgIpc) is 2.70. The third-order valence-corrected chi connectivity index (χ3v) is 6.07. The van der Waals surface area contributed by atoms with Crippen LogP contribution in [0.4, 0.5) is 24.5 Å². The lowest BCUT2D eigenvalue weighted by atomic mass is 9.99. The van der Waals surface area contributed by atoms with Crippen LogP contribution >= 0.6 is 0 Å². The molecule has 3 saturated heterocycles. The Labute approximate surface area is 173 Å². The van der Waals surface area contributed by atoms with Crippen molar-refractivity contribution in [3.05, 3.63) is 24.0 Å². The first-order valence-corrected chi connectivity index (χ1v) is 10.3. The van der Waals surface area contributed by atoms with Gasteiger partial charge in [-0.2, -0.15) is 0 Å². The second-order valence-electron chi connectivity index (χ2n) is 8.08. The average molecular weight is 425 g/mol. The molecule has 7 nitrogen and oxygen atoms in total. The summed E-state index contributed by atoms with van der Waals surface area (Å²) < 4.78 is 43.1. The molecule has 1 aromatic carbocycles. The molecule has 3 fully saturated rings. The number of nitrogens with zero attached hydrogens (tertiary/aromatic N) is 2. The summed E-state index contributed by atoms with van der Waals surface area (Å²) in [4.78, 5) is 26.8. The van der Waals surface area contributed by atoms with Gasteiger partial charge in [-0.15, -0.1) is 0 Å². The van der Waals surface area contributed by atoms with Gasteiger partial charge in [0, 0.05) is 38.3 Å². The lowest BCUT2D eigenvalue weighted by Crippen LogP contribution is -2.61. The highest BCUT2D eigenvalue weighted by atomic mass is 19.3. The van der Waals surface area contributed by atoms with Gasteiger partial charge in [-0.05, 0) is 37.6 Å². The number of benzene rings is 1. The Morgan fingerprint density at radius 1 is 1.10 bits per heavy atom. The van der Waals surface area contributed by atoms with Gasteiger partial charge in [-0.1, -0.05) is 0 Å². The van der Waals surface area contributed by atoms with E-state index in [1.165, 1.54) is 6.07 Å². The number of hydrogen-bond acceptors (Lipinski definition) is 6. The Bertz CT molecular complexity index is 814. The normalized spacial score (nSPS) is 27.6. The molecule has 30 heavy (non-hydrogen) atoms. The van der Waals surface area contributed by atoms with Gasteiger partial charge in [0.1, 0.15) is 11.9 Å². The number of carbonyl (C=O) groups excluding carboxylic acids is 2. The number of hydrogen-bond donors (Lipinski definition) is 3. The van der Waals surface area contributed by atoms with E-state index in [0.717, 1.165) is 0 Å². The maximum Gasteiger partial charge on any atom is 0.275 e. The van der Waals surface area contributed by atoms with E-state index in [9.17, 15) is 22.8 Å². The maximum atomic E-state index is 14.7. The van der Waals surface area contributed by atoms with Gasteiger partial charge in [0.2, 0.25) is 11.8 Å². The number of halogens is 3. The third-order valence-electron chi connectivity index (χ3n) is 6.07. The van der Waals surface area contributed by atoms with E-state index >= 15 is 0 Å². The van der Waals surface area contributed by atoms with Gasteiger partial charge >= 0.3 is 0 Å². The van der Waals surface area contributed by atoms with E-state index in [1.807, 2.05) is 9.80 Å². The van der Waals surface area contributed by atoms with Gasteiger partial charge in [-0.25, -0.2) is 13.2 Å². The SMILES string of the molecule is O=C1CC[C@H](Nc2ccc(N3CCN([C@H]4CCNCC4(F)F)CC3)c(F)c2)C(=O)N1. The highest BCUT2D eigenvalue weighted by Gasteiger charge is 2.45. The maximum absolute atomic E-state index is 14.7. The van der Waals surface area contributed by atoms with E-state index in [4.69, 9.17) is 0 Å². The van der Waals surface area contributed by atoms with Crippen molar-refractivity contribution in [3.8, 4) is 0 Å². The van der Waals surface area contributed by atoms with Crippen molar-refractivity contribution in [2.45, 2.75) is 37.3 Å². The number of nitrogens with one attached hydrogen (secondary N) is 3. The number of alkyl halides is 2. The van der Waals surface area contributed by atoms with Crippen molar-refractivity contribution < 1.29 is 22.8 Å². The van der Waals surface area contributed by atoms with Crippen molar-refractivity contribution in [1.29, 1.82) is 0 Å². The summed E-state index contributed by atoms with van der Waals surface area (Å²) in [5.41, 5.74) is 0.874. The molecule has 10 heteroatoms. The van der Waals surface area contributed by atoms with Crippen LogP contribution in [0.2, 0.25) is 0 Å². The van der Waals surface area contributed by atoms with Crippen LogP contribution in [0, 0.1) is 5.82 Å². The molecular weight excluding hydrogens is 399 g/mol. The topological polar surface area (TPSA) is 76.7 Å². The van der Waals surface area contributed by atoms with E-state index in [0.29, 0.717) is 56.9 Å². The van der Waals surface area contributed by atoms with Crippen LogP contribution in [-0.4, -0.2) is 74.0 Å². The van der Waals surface area contributed by atoms with Crippen molar-refractivity contribution in [2.75, 3.05) is 49.5 Å². The Morgan fingerprint density at radius 3 is 2.53 bits per heavy atom. The Balaban J connectivity index is 1.36. The van der Waals surface area contributed by atoms with Crippen LogP contribution in [0.25, 0.3) is 0 Å². The molecule has 0 aliphatic carbocycles. The molecule has 3 N–H and O–H groups in total. The molecular formula is C20H26F3N5O2. The van der Waals surface area contributed by atoms with Crippen LogP contribution in [0.5, 0.6) is 0 Å². The molecule has 2 amide bonds. The molecule has 0 spiro atoms. The molecule has 2 atom stereocenters. The lowest BCUT2D eigenvalue weighted by molar-refractivity contribution is -0.133. The van der Waals surface area contributed by atoms with Gasteiger partial charge in [0.15, 0.2) is 0 Å². The number of amides is 2. The first-order chi connectivity index (χ1) is 14.3. The number of piperidine rings is 2. The fourth-order valence-corrected chi connectivity index (χ4v) is 4.43. The Kier molecular flexibility index (Phi) is 5.88. The minimum absolute atomic E-state index is 0.240. The molecule has 3 aliphatic heterocycles. The number of piperazine rings is 1. The van der Waals surface area contributed by atoms with Crippen LogP contribution in [-0.2, 0) is 9.59 Å². The number of carbonyl (C=O) groups is 2. The molecule has 0 bridgehead atoms. The number of anilines is 2. The highest BCUT2D eigenvalue weighted by Crippen LogP contribution is 2.30. The van der Waals surface area contributed by atoms with Crippen molar-refractivity contribution in [1.82, 2.24) is 15.5 Å². The van der Waals surface area contributed by atoms with Crippen LogP contribution in [0.3, 0.4) is 0 Å². The summed E-state index contributed by atoms with van der Waals surface area (Å²) in [5.74, 6) is -3.91. The Morgan fingerprint density at radius 2 is 1.87 bits per heavy atom. The van der Waals surface area contributed by atoms with Crippen molar-refractivity contribution in [2.24, 2.45) is 0 Å². The molecule has 0 saturated carbocycles. The predicted octanol–water partition coefficient (Wildman–Crippen LogP) is 1.16. The van der Waals surface area contributed by atoms with Gasteiger partial charge in [0.25, 0.3) is 5.92 Å². The molecule has 1 aromatic rings. The molecule has 0 radical (unpaired) electrons. The minimum atomic E-state index is -2.75. The fraction of sp³-hybridized carbons (Fsp3) is 0.600. The van der Waals surface area contributed by atoms with Crippen LogP contribution < -0.4 is 20.9 Å². The summed E-state index contributed by atoms with van der Waals surface area (Å²) in [6, 6.07) is 3.30. The van der Waals surface area contributed by atoms with E-state index in [1.54, 1.807) is 12.1 Å². The van der Waals surface area contributed by atoms with Gasteiger partial charge in [0.05, 0.1) is 18.3 Å². The fourth-order valence-electron chi connectivity index (χ4n) is 4.43. The van der Waals surface area contributed by atoms with E-state index in [-0.39, 0.29) is 18.9 Å². The minimum Gasteiger partial charge on any atom is -0.374 e. The summed E-state index contributed by atoms with van der Waals surface area (Å²) in [6.07, 6.45) is 1.00. The quantitative estimate of drug-likeness (QED) is 0.629. The predicted molar refractivity (Wildman–Crippen MR) is 106 cm³/mol. The first-order valence-electron chi connectivity index (χ1n) is 10.3. The molecule has 164 valence electrons.